The van der Waals surface area contributed by atoms with Crippen LogP contribution in [0.1, 0.15) is 24.8 Å². The number of aryl methyl sites for hydroxylation is 1. The van der Waals surface area contributed by atoms with E-state index in [9.17, 15) is 0 Å². The van der Waals surface area contributed by atoms with Crippen LogP contribution in [0.2, 0.25) is 0 Å². The molecule has 1 fully saturated rings. The lowest BCUT2D eigenvalue weighted by molar-refractivity contribution is 0.537. The van der Waals surface area contributed by atoms with E-state index in [2.05, 4.69) is 31.2 Å². The standard InChI is InChI=1S/C13H19NS/c1-11-2-4-12(5-3-11)15-10-13(6-7-13)8-9-14/h2-5H,6-10,14H2,1H3. The van der Waals surface area contributed by atoms with Crippen molar-refractivity contribution in [1.29, 1.82) is 0 Å². The highest BCUT2D eigenvalue weighted by molar-refractivity contribution is 7.99. The van der Waals surface area contributed by atoms with Gasteiger partial charge in [0.1, 0.15) is 0 Å². The second kappa shape index (κ2) is 4.58. The lowest BCUT2D eigenvalue weighted by Gasteiger charge is -2.12. The van der Waals surface area contributed by atoms with Crippen molar-refractivity contribution in [1.82, 2.24) is 0 Å². The Balaban J connectivity index is 1.85. The van der Waals surface area contributed by atoms with Crippen LogP contribution in [-0.4, -0.2) is 12.3 Å². The predicted molar refractivity (Wildman–Crippen MR) is 67.2 cm³/mol. The minimum absolute atomic E-state index is 0.588. The Morgan fingerprint density at radius 1 is 1.27 bits per heavy atom. The maximum absolute atomic E-state index is 5.63. The lowest BCUT2D eigenvalue weighted by Crippen LogP contribution is -2.11. The summed E-state index contributed by atoms with van der Waals surface area (Å²) in [7, 11) is 0. The Bertz CT molecular complexity index is 314. The number of thioether (sulfide) groups is 1. The Labute approximate surface area is 96.4 Å². The molecule has 0 radical (unpaired) electrons. The summed E-state index contributed by atoms with van der Waals surface area (Å²) in [6, 6.07) is 8.81. The average Bonchev–Trinajstić information content (AvgIpc) is 2.99. The van der Waals surface area contributed by atoms with Gasteiger partial charge >= 0.3 is 0 Å². The molecule has 0 aromatic heterocycles. The van der Waals surface area contributed by atoms with Gasteiger partial charge < -0.3 is 5.73 Å². The minimum atomic E-state index is 0.588. The van der Waals surface area contributed by atoms with Crippen molar-refractivity contribution in [2.45, 2.75) is 31.1 Å². The fourth-order valence-electron chi connectivity index (χ4n) is 1.82. The highest BCUT2D eigenvalue weighted by Crippen LogP contribution is 2.51. The van der Waals surface area contributed by atoms with Gasteiger partial charge in [0.05, 0.1) is 0 Å². The molecule has 0 atom stereocenters. The van der Waals surface area contributed by atoms with Gasteiger partial charge in [-0.25, -0.2) is 0 Å². The molecule has 1 nitrogen and oxygen atoms in total. The molecule has 0 bridgehead atoms. The summed E-state index contributed by atoms with van der Waals surface area (Å²) in [6.45, 7) is 2.97. The summed E-state index contributed by atoms with van der Waals surface area (Å²) < 4.78 is 0. The third-order valence-corrected chi connectivity index (χ3v) is 4.56. The van der Waals surface area contributed by atoms with Crippen LogP contribution in [0.4, 0.5) is 0 Å². The zero-order valence-corrected chi connectivity index (χ0v) is 10.1. The van der Waals surface area contributed by atoms with Gasteiger partial charge in [-0.15, -0.1) is 11.8 Å². The van der Waals surface area contributed by atoms with E-state index in [0.717, 1.165) is 6.54 Å². The highest BCUT2D eigenvalue weighted by Gasteiger charge is 2.41. The van der Waals surface area contributed by atoms with Crippen molar-refractivity contribution < 1.29 is 0 Å². The third-order valence-electron chi connectivity index (χ3n) is 3.20. The molecule has 2 heteroatoms. The molecule has 0 aliphatic heterocycles. The molecule has 1 aliphatic carbocycles. The highest BCUT2D eigenvalue weighted by atomic mass is 32.2. The molecule has 82 valence electrons. The first-order valence-electron chi connectivity index (χ1n) is 5.64. The molecule has 0 spiro atoms. The fraction of sp³-hybridized carbons (Fsp3) is 0.538. The third kappa shape index (κ3) is 2.99. The van der Waals surface area contributed by atoms with Crippen LogP contribution in [0.5, 0.6) is 0 Å². The summed E-state index contributed by atoms with van der Waals surface area (Å²) in [5.41, 5.74) is 7.56. The summed E-state index contributed by atoms with van der Waals surface area (Å²) in [4.78, 5) is 1.39. The van der Waals surface area contributed by atoms with Crippen molar-refractivity contribution >= 4 is 11.8 Å². The number of rotatable bonds is 5. The van der Waals surface area contributed by atoms with E-state index in [1.807, 2.05) is 11.8 Å². The van der Waals surface area contributed by atoms with E-state index >= 15 is 0 Å². The molecule has 1 saturated carbocycles. The monoisotopic (exact) mass is 221 g/mol. The van der Waals surface area contributed by atoms with Crippen LogP contribution < -0.4 is 5.73 Å². The molecular weight excluding hydrogens is 202 g/mol. The largest absolute Gasteiger partial charge is 0.330 e. The van der Waals surface area contributed by atoms with Gasteiger partial charge in [0.25, 0.3) is 0 Å². The molecule has 0 saturated heterocycles. The van der Waals surface area contributed by atoms with E-state index in [-0.39, 0.29) is 0 Å². The van der Waals surface area contributed by atoms with E-state index in [4.69, 9.17) is 5.73 Å². The number of hydrogen-bond acceptors (Lipinski definition) is 2. The molecule has 2 N–H and O–H groups in total. The SMILES string of the molecule is Cc1ccc(SCC2(CCN)CC2)cc1. The maximum Gasteiger partial charge on any atom is 0.00723 e. The molecule has 1 aromatic rings. The summed E-state index contributed by atoms with van der Waals surface area (Å²) in [5, 5.41) is 0. The molecule has 1 aliphatic rings. The number of hydrogen-bond donors (Lipinski definition) is 1. The lowest BCUT2D eigenvalue weighted by atomic mass is 10.1. The second-order valence-electron chi connectivity index (χ2n) is 4.64. The van der Waals surface area contributed by atoms with Crippen molar-refractivity contribution in [3.63, 3.8) is 0 Å². The quantitative estimate of drug-likeness (QED) is 0.773. The molecule has 0 heterocycles. The zero-order valence-electron chi connectivity index (χ0n) is 9.33. The van der Waals surface area contributed by atoms with Gasteiger partial charge in [-0.2, -0.15) is 0 Å². The van der Waals surface area contributed by atoms with Crippen molar-refractivity contribution in [3.05, 3.63) is 29.8 Å². The molecule has 2 rings (SSSR count). The topological polar surface area (TPSA) is 26.0 Å². The molecule has 1 aromatic carbocycles. The van der Waals surface area contributed by atoms with Crippen LogP contribution in [0.3, 0.4) is 0 Å². The Kier molecular flexibility index (Phi) is 3.37. The fourth-order valence-corrected chi connectivity index (χ4v) is 3.05. The molecule has 15 heavy (non-hydrogen) atoms. The average molecular weight is 221 g/mol. The van der Waals surface area contributed by atoms with Crippen LogP contribution >= 0.6 is 11.8 Å². The first kappa shape index (κ1) is 11.0. The van der Waals surface area contributed by atoms with Gasteiger partial charge in [0.15, 0.2) is 0 Å². The van der Waals surface area contributed by atoms with Crippen LogP contribution in [0.25, 0.3) is 0 Å². The van der Waals surface area contributed by atoms with Crippen LogP contribution in [0, 0.1) is 12.3 Å². The van der Waals surface area contributed by atoms with E-state index in [0.29, 0.717) is 5.41 Å². The summed E-state index contributed by atoms with van der Waals surface area (Å²) >= 11 is 1.98. The smallest absolute Gasteiger partial charge is 0.00723 e. The summed E-state index contributed by atoms with van der Waals surface area (Å²) in [6.07, 6.45) is 3.96. The van der Waals surface area contributed by atoms with Gasteiger partial charge in [-0.05, 0) is 50.3 Å². The van der Waals surface area contributed by atoms with E-state index < -0.39 is 0 Å². The van der Waals surface area contributed by atoms with Gasteiger partial charge in [0, 0.05) is 10.6 Å². The zero-order chi connectivity index (χ0) is 10.7. The maximum atomic E-state index is 5.63. The summed E-state index contributed by atoms with van der Waals surface area (Å²) in [5.74, 6) is 1.24. The Morgan fingerprint density at radius 3 is 2.47 bits per heavy atom. The van der Waals surface area contributed by atoms with Crippen molar-refractivity contribution in [2.24, 2.45) is 11.1 Å². The van der Waals surface area contributed by atoms with Gasteiger partial charge in [0.2, 0.25) is 0 Å². The van der Waals surface area contributed by atoms with E-state index in [1.165, 1.54) is 35.5 Å². The predicted octanol–water partition coefficient (Wildman–Crippen LogP) is 3.22. The van der Waals surface area contributed by atoms with Crippen LogP contribution in [-0.2, 0) is 0 Å². The van der Waals surface area contributed by atoms with Gasteiger partial charge in [-0.3, -0.25) is 0 Å². The first-order chi connectivity index (χ1) is 7.24. The van der Waals surface area contributed by atoms with Crippen LogP contribution in [0.15, 0.2) is 29.2 Å². The second-order valence-corrected chi connectivity index (χ2v) is 5.69. The molecule has 0 unspecified atom stereocenters. The Hall–Kier alpha value is -0.470. The van der Waals surface area contributed by atoms with Crippen molar-refractivity contribution in [2.75, 3.05) is 12.3 Å². The molecular formula is C13H19NS. The number of benzene rings is 1. The normalized spacial score (nSPS) is 17.7. The van der Waals surface area contributed by atoms with Gasteiger partial charge in [-0.1, -0.05) is 17.7 Å². The first-order valence-corrected chi connectivity index (χ1v) is 6.62. The molecule has 0 amide bonds. The van der Waals surface area contributed by atoms with E-state index in [1.54, 1.807) is 0 Å². The minimum Gasteiger partial charge on any atom is -0.330 e. The Morgan fingerprint density at radius 2 is 1.93 bits per heavy atom. The van der Waals surface area contributed by atoms with Crippen molar-refractivity contribution in [3.8, 4) is 0 Å². The number of nitrogens with two attached hydrogens (primary N) is 1.